The fourth-order valence-electron chi connectivity index (χ4n) is 3.68. The van der Waals surface area contributed by atoms with Crippen molar-refractivity contribution in [1.29, 1.82) is 0 Å². The summed E-state index contributed by atoms with van der Waals surface area (Å²) in [5.41, 5.74) is 2.79. The molecule has 0 saturated carbocycles. The molecule has 2 aromatic rings. The number of nitrogens with zero attached hydrogens (tertiary/aromatic N) is 1. The van der Waals surface area contributed by atoms with Gasteiger partial charge in [0.05, 0.1) is 13.0 Å². The Hall–Kier alpha value is -2.07. The van der Waals surface area contributed by atoms with Crippen LogP contribution in [0, 0.1) is 5.82 Å². The lowest BCUT2D eigenvalue weighted by atomic mass is 9.96. The Kier molecular flexibility index (Phi) is 4.38. The lowest BCUT2D eigenvalue weighted by Gasteiger charge is -2.18. The zero-order chi connectivity index (χ0) is 17.4. The number of benzene rings is 2. The maximum absolute atomic E-state index is 13.9. The van der Waals surface area contributed by atoms with Crippen molar-refractivity contribution in [3.8, 4) is 5.75 Å². The highest BCUT2D eigenvalue weighted by Gasteiger charge is 2.29. The molecule has 2 aliphatic rings. The molecule has 1 unspecified atom stereocenters. The average molecular weight is 360 g/mol. The molecule has 1 saturated heterocycles. The number of halogens is 2. The first-order chi connectivity index (χ1) is 12.1. The maximum Gasteiger partial charge on any atom is 0.227 e. The highest BCUT2D eigenvalue weighted by molar-refractivity contribution is 6.31. The second kappa shape index (κ2) is 6.68. The van der Waals surface area contributed by atoms with Gasteiger partial charge in [0.2, 0.25) is 5.91 Å². The van der Waals surface area contributed by atoms with Gasteiger partial charge >= 0.3 is 0 Å². The van der Waals surface area contributed by atoms with Crippen LogP contribution < -0.4 is 4.74 Å². The van der Waals surface area contributed by atoms with Crippen LogP contribution in [0.4, 0.5) is 4.39 Å². The molecule has 5 heteroatoms. The van der Waals surface area contributed by atoms with E-state index in [0.29, 0.717) is 24.0 Å². The molecule has 0 N–H and O–H groups in total. The molecule has 0 radical (unpaired) electrons. The Balaban J connectivity index is 1.44. The minimum Gasteiger partial charge on any atom is -0.493 e. The Morgan fingerprint density at radius 3 is 3.04 bits per heavy atom. The first kappa shape index (κ1) is 16.4. The van der Waals surface area contributed by atoms with Crippen LogP contribution >= 0.6 is 11.6 Å². The largest absolute Gasteiger partial charge is 0.493 e. The normalized spacial score (nSPS) is 19.0. The van der Waals surface area contributed by atoms with E-state index in [9.17, 15) is 9.18 Å². The van der Waals surface area contributed by atoms with E-state index in [4.69, 9.17) is 16.3 Å². The van der Waals surface area contributed by atoms with Crippen LogP contribution in [-0.2, 0) is 17.6 Å². The first-order valence-corrected chi connectivity index (χ1v) is 8.96. The van der Waals surface area contributed by atoms with Gasteiger partial charge in [-0.1, -0.05) is 29.8 Å². The summed E-state index contributed by atoms with van der Waals surface area (Å²) in [6.45, 7) is 2.12. The van der Waals surface area contributed by atoms with E-state index in [-0.39, 0.29) is 17.9 Å². The van der Waals surface area contributed by atoms with E-state index in [2.05, 4.69) is 12.1 Å². The number of carbonyl (C=O) groups excluding carboxylic acids is 1. The molecule has 0 bridgehead atoms. The van der Waals surface area contributed by atoms with Crippen molar-refractivity contribution in [3.05, 3.63) is 63.9 Å². The Bertz CT molecular complexity index is 803. The quantitative estimate of drug-likeness (QED) is 0.829. The molecule has 1 fully saturated rings. The van der Waals surface area contributed by atoms with Gasteiger partial charge in [-0.2, -0.15) is 0 Å². The van der Waals surface area contributed by atoms with Gasteiger partial charge in [0, 0.05) is 36.0 Å². The lowest BCUT2D eigenvalue weighted by molar-refractivity contribution is -0.129. The maximum atomic E-state index is 13.9. The minimum absolute atomic E-state index is 0.0102. The zero-order valence-corrected chi connectivity index (χ0v) is 14.6. The summed E-state index contributed by atoms with van der Waals surface area (Å²) in [7, 11) is 0. The number of carbonyl (C=O) groups is 1. The number of fused-ring (bicyclic) bond motifs is 1. The molecule has 1 atom stereocenters. The van der Waals surface area contributed by atoms with Gasteiger partial charge in [-0.05, 0) is 35.7 Å². The summed E-state index contributed by atoms with van der Waals surface area (Å²) in [5.74, 6) is 0.809. The second-order valence-electron chi connectivity index (χ2n) is 6.67. The topological polar surface area (TPSA) is 29.5 Å². The van der Waals surface area contributed by atoms with Crippen molar-refractivity contribution < 1.29 is 13.9 Å². The average Bonchev–Trinajstić information content (AvgIpc) is 3.26. The van der Waals surface area contributed by atoms with Crippen LogP contribution in [0.15, 0.2) is 36.4 Å². The molecule has 25 heavy (non-hydrogen) atoms. The third-order valence-corrected chi connectivity index (χ3v) is 5.47. The number of likely N-dealkylation sites (tertiary alicyclic amines) is 1. The summed E-state index contributed by atoms with van der Waals surface area (Å²) < 4.78 is 19.5. The van der Waals surface area contributed by atoms with Crippen LogP contribution in [0.5, 0.6) is 5.75 Å². The molecule has 3 nitrogen and oxygen atoms in total. The standard InChI is InChI=1S/C20H19ClFNO2/c21-17-2-1-3-18(22)16(17)11-20(24)23-8-6-15(12-23)13-4-5-19-14(10-13)7-9-25-19/h1-5,10,15H,6-9,11-12H2. The number of rotatable bonds is 3. The molecule has 2 heterocycles. The number of amides is 1. The molecule has 2 aromatic carbocycles. The second-order valence-corrected chi connectivity index (χ2v) is 7.08. The van der Waals surface area contributed by atoms with Crippen molar-refractivity contribution in [3.63, 3.8) is 0 Å². The SMILES string of the molecule is O=C(Cc1c(F)cccc1Cl)N1CCC(c2ccc3c(c2)CCO3)C1. The predicted octanol–water partition coefficient (Wildman–Crippen LogP) is 3.97. The Morgan fingerprint density at radius 1 is 1.32 bits per heavy atom. The van der Waals surface area contributed by atoms with Crippen LogP contribution in [-0.4, -0.2) is 30.5 Å². The van der Waals surface area contributed by atoms with Gasteiger partial charge in [-0.3, -0.25) is 4.79 Å². The summed E-state index contributed by atoms with van der Waals surface area (Å²) in [5, 5.41) is 0.308. The Labute approximate surface area is 151 Å². The molecule has 0 aromatic heterocycles. The molecule has 0 spiro atoms. The summed E-state index contributed by atoms with van der Waals surface area (Å²) in [4.78, 5) is 14.4. The molecular formula is C20H19ClFNO2. The zero-order valence-electron chi connectivity index (χ0n) is 13.8. The summed E-state index contributed by atoms with van der Waals surface area (Å²) in [6, 6.07) is 10.8. The molecular weight excluding hydrogens is 341 g/mol. The molecule has 130 valence electrons. The fraction of sp³-hybridized carbons (Fsp3) is 0.350. The Morgan fingerprint density at radius 2 is 2.20 bits per heavy atom. The highest BCUT2D eigenvalue weighted by atomic mass is 35.5. The lowest BCUT2D eigenvalue weighted by Crippen LogP contribution is -2.30. The van der Waals surface area contributed by atoms with Crippen molar-refractivity contribution in [2.24, 2.45) is 0 Å². The van der Waals surface area contributed by atoms with E-state index in [1.165, 1.54) is 17.2 Å². The first-order valence-electron chi connectivity index (χ1n) is 8.58. The fourth-order valence-corrected chi connectivity index (χ4v) is 3.91. The summed E-state index contributed by atoms with van der Waals surface area (Å²) in [6.07, 6.45) is 1.89. The number of ether oxygens (including phenoxy) is 1. The van der Waals surface area contributed by atoms with Crippen molar-refractivity contribution >= 4 is 17.5 Å². The third kappa shape index (κ3) is 3.23. The van der Waals surface area contributed by atoms with E-state index in [1.54, 1.807) is 12.1 Å². The smallest absolute Gasteiger partial charge is 0.227 e. The van der Waals surface area contributed by atoms with Gasteiger partial charge in [0.1, 0.15) is 11.6 Å². The van der Waals surface area contributed by atoms with Gasteiger partial charge in [0.25, 0.3) is 0 Å². The van der Waals surface area contributed by atoms with Crippen molar-refractivity contribution in [2.45, 2.75) is 25.2 Å². The van der Waals surface area contributed by atoms with E-state index in [0.717, 1.165) is 25.2 Å². The van der Waals surface area contributed by atoms with E-state index < -0.39 is 5.82 Å². The van der Waals surface area contributed by atoms with Crippen LogP contribution in [0.2, 0.25) is 5.02 Å². The molecule has 0 aliphatic carbocycles. The van der Waals surface area contributed by atoms with Crippen molar-refractivity contribution in [2.75, 3.05) is 19.7 Å². The summed E-state index contributed by atoms with van der Waals surface area (Å²) >= 11 is 6.04. The van der Waals surface area contributed by atoms with Crippen LogP contribution in [0.25, 0.3) is 0 Å². The van der Waals surface area contributed by atoms with E-state index >= 15 is 0 Å². The van der Waals surface area contributed by atoms with Gasteiger partial charge in [-0.25, -0.2) is 4.39 Å². The van der Waals surface area contributed by atoms with Gasteiger partial charge < -0.3 is 9.64 Å². The molecule has 1 amide bonds. The number of hydrogen-bond donors (Lipinski definition) is 0. The third-order valence-electron chi connectivity index (χ3n) is 5.12. The van der Waals surface area contributed by atoms with Gasteiger partial charge in [-0.15, -0.1) is 0 Å². The number of hydrogen-bond acceptors (Lipinski definition) is 2. The van der Waals surface area contributed by atoms with E-state index in [1.807, 2.05) is 11.0 Å². The van der Waals surface area contributed by atoms with Gasteiger partial charge in [0.15, 0.2) is 0 Å². The highest BCUT2D eigenvalue weighted by Crippen LogP contribution is 2.33. The van der Waals surface area contributed by atoms with Crippen LogP contribution in [0.1, 0.15) is 29.0 Å². The molecule has 4 rings (SSSR count). The molecule has 2 aliphatic heterocycles. The minimum atomic E-state index is -0.421. The predicted molar refractivity (Wildman–Crippen MR) is 94.7 cm³/mol. The monoisotopic (exact) mass is 359 g/mol. The van der Waals surface area contributed by atoms with Crippen molar-refractivity contribution in [1.82, 2.24) is 4.90 Å². The van der Waals surface area contributed by atoms with Crippen LogP contribution in [0.3, 0.4) is 0 Å².